The van der Waals surface area contributed by atoms with Gasteiger partial charge in [-0.3, -0.25) is 9.36 Å². The molecule has 23 heavy (non-hydrogen) atoms. The molecule has 1 atom stereocenters. The van der Waals surface area contributed by atoms with Gasteiger partial charge < -0.3 is 5.73 Å². The predicted molar refractivity (Wildman–Crippen MR) is 92.9 cm³/mol. The summed E-state index contributed by atoms with van der Waals surface area (Å²) in [6.45, 7) is 4.39. The lowest BCUT2D eigenvalue weighted by molar-refractivity contribution is 0.789. The Hall–Kier alpha value is -2.17. The molecule has 3 aromatic rings. The van der Waals surface area contributed by atoms with Gasteiger partial charge in [0.2, 0.25) is 0 Å². The molecule has 0 unspecified atom stereocenters. The molecule has 0 aliphatic carbocycles. The summed E-state index contributed by atoms with van der Waals surface area (Å²) in [4.78, 5) is 17.7. The number of benzene rings is 2. The molecule has 2 heterocycles. The first kappa shape index (κ1) is 14.4. The van der Waals surface area contributed by atoms with E-state index in [4.69, 9.17) is 22.3 Å². The van der Waals surface area contributed by atoms with E-state index in [1.807, 2.05) is 44.2 Å². The van der Waals surface area contributed by atoms with Gasteiger partial charge in [-0.1, -0.05) is 17.7 Å². The van der Waals surface area contributed by atoms with Crippen LogP contribution in [0.1, 0.15) is 29.7 Å². The van der Waals surface area contributed by atoms with Gasteiger partial charge in [-0.05, 0) is 54.8 Å². The Balaban J connectivity index is 2.11. The van der Waals surface area contributed by atoms with Crippen molar-refractivity contribution in [3.05, 3.63) is 62.4 Å². The van der Waals surface area contributed by atoms with Gasteiger partial charge in [-0.2, -0.15) is 0 Å². The second-order valence-corrected chi connectivity index (χ2v) is 6.60. The van der Waals surface area contributed by atoms with Crippen LogP contribution in [0.15, 0.2) is 35.1 Å². The average molecular weight is 326 g/mol. The molecule has 116 valence electrons. The minimum atomic E-state index is -0.182. The lowest BCUT2D eigenvalue weighted by Gasteiger charge is -2.13. The van der Waals surface area contributed by atoms with Crippen LogP contribution in [0.5, 0.6) is 0 Å². The van der Waals surface area contributed by atoms with Crippen molar-refractivity contribution in [2.75, 3.05) is 0 Å². The largest absolute Gasteiger partial charge is 0.324 e. The molecule has 0 radical (unpaired) electrons. The highest BCUT2D eigenvalue weighted by atomic mass is 35.5. The van der Waals surface area contributed by atoms with Gasteiger partial charge in [0.05, 0.1) is 17.4 Å². The number of fused-ring (bicyclic) bond motifs is 4. The highest BCUT2D eigenvalue weighted by molar-refractivity contribution is 6.30. The van der Waals surface area contributed by atoms with E-state index in [0.717, 1.165) is 22.3 Å². The SMILES string of the molecule is Cc1cc([C@@H](C)N)c2nc3n(c(=O)c2c1)Cc1cc(Cl)ccc1-3. The van der Waals surface area contributed by atoms with E-state index in [-0.39, 0.29) is 11.6 Å². The monoisotopic (exact) mass is 325 g/mol. The number of aryl methyl sites for hydroxylation is 1. The lowest BCUT2D eigenvalue weighted by Crippen LogP contribution is -2.21. The summed E-state index contributed by atoms with van der Waals surface area (Å²) in [6, 6.07) is 9.36. The zero-order chi connectivity index (χ0) is 16.3. The van der Waals surface area contributed by atoms with Crippen molar-refractivity contribution >= 4 is 22.5 Å². The molecule has 0 amide bonds. The summed E-state index contributed by atoms with van der Waals surface area (Å²) in [5.74, 6) is 0.694. The van der Waals surface area contributed by atoms with Crippen LogP contribution in [0.4, 0.5) is 0 Å². The van der Waals surface area contributed by atoms with Crippen LogP contribution >= 0.6 is 11.6 Å². The minimum Gasteiger partial charge on any atom is -0.324 e. The Kier molecular flexibility index (Phi) is 3.08. The summed E-state index contributed by atoms with van der Waals surface area (Å²) >= 11 is 6.07. The van der Waals surface area contributed by atoms with Crippen molar-refractivity contribution in [1.29, 1.82) is 0 Å². The third-order valence-electron chi connectivity index (χ3n) is 4.36. The Morgan fingerprint density at radius 3 is 2.83 bits per heavy atom. The van der Waals surface area contributed by atoms with Crippen molar-refractivity contribution in [2.24, 2.45) is 5.73 Å². The van der Waals surface area contributed by atoms with Gasteiger partial charge in [0.1, 0.15) is 5.82 Å². The van der Waals surface area contributed by atoms with Gasteiger partial charge in [0.25, 0.3) is 5.56 Å². The molecule has 1 aromatic heterocycles. The summed E-state index contributed by atoms with van der Waals surface area (Å²) in [6.07, 6.45) is 0. The van der Waals surface area contributed by atoms with Gasteiger partial charge in [0.15, 0.2) is 0 Å². The Morgan fingerprint density at radius 2 is 2.09 bits per heavy atom. The molecule has 1 aliphatic heterocycles. The molecule has 0 fully saturated rings. The third-order valence-corrected chi connectivity index (χ3v) is 4.59. The lowest BCUT2D eigenvalue weighted by atomic mass is 10.0. The van der Waals surface area contributed by atoms with Crippen LogP contribution in [-0.4, -0.2) is 9.55 Å². The molecular formula is C18H16ClN3O. The molecule has 2 aromatic carbocycles. The summed E-state index contributed by atoms with van der Waals surface area (Å²) in [5, 5.41) is 1.29. The smallest absolute Gasteiger partial charge is 0.261 e. The Labute approximate surface area is 138 Å². The first-order chi connectivity index (χ1) is 11.0. The summed E-state index contributed by atoms with van der Waals surface area (Å²) < 4.78 is 1.72. The van der Waals surface area contributed by atoms with Crippen LogP contribution in [-0.2, 0) is 6.54 Å². The molecular weight excluding hydrogens is 310 g/mol. The van der Waals surface area contributed by atoms with E-state index >= 15 is 0 Å². The van der Waals surface area contributed by atoms with Crippen molar-refractivity contribution in [2.45, 2.75) is 26.4 Å². The van der Waals surface area contributed by atoms with Crippen LogP contribution < -0.4 is 11.3 Å². The number of nitrogens with two attached hydrogens (primary N) is 1. The number of hydrogen-bond donors (Lipinski definition) is 1. The van der Waals surface area contributed by atoms with E-state index < -0.39 is 0 Å². The van der Waals surface area contributed by atoms with Crippen molar-refractivity contribution in [3.63, 3.8) is 0 Å². The highest BCUT2D eigenvalue weighted by Gasteiger charge is 2.24. The van der Waals surface area contributed by atoms with E-state index in [1.165, 1.54) is 0 Å². The van der Waals surface area contributed by atoms with Gasteiger partial charge in [0, 0.05) is 16.6 Å². The first-order valence-corrected chi connectivity index (χ1v) is 7.93. The number of aromatic nitrogens is 2. The zero-order valence-corrected chi connectivity index (χ0v) is 13.7. The van der Waals surface area contributed by atoms with E-state index in [2.05, 4.69) is 0 Å². The fourth-order valence-electron chi connectivity index (χ4n) is 3.28. The normalized spacial score (nSPS) is 13.9. The maximum Gasteiger partial charge on any atom is 0.261 e. The van der Waals surface area contributed by atoms with Crippen molar-refractivity contribution < 1.29 is 0 Å². The Bertz CT molecular complexity index is 1020. The quantitative estimate of drug-likeness (QED) is 0.583. The molecule has 0 saturated heterocycles. The van der Waals surface area contributed by atoms with Crippen LogP contribution in [0, 0.1) is 6.92 Å². The average Bonchev–Trinajstić information content (AvgIpc) is 2.85. The second kappa shape index (κ2) is 4.91. The number of hydrogen-bond acceptors (Lipinski definition) is 3. The Morgan fingerprint density at radius 1 is 1.30 bits per heavy atom. The molecule has 4 nitrogen and oxygen atoms in total. The van der Waals surface area contributed by atoms with Gasteiger partial charge in [-0.15, -0.1) is 0 Å². The highest BCUT2D eigenvalue weighted by Crippen LogP contribution is 2.33. The summed E-state index contributed by atoms with van der Waals surface area (Å²) in [5.41, 5.74) is 10.7. The molecule has 1 aliphatic rings. The van der Waals surface area contributed by atoms with Crippen LogP contribution in [0.2, 0.25) is 5.02 Å². The number of halogens is 1. The van der Waals surface area contributed by atoms with E-state index in [0.29, 0.717) is 28.3 Å². The maximum atomic E-state index is 12.9. The van der Waals surface area contributed by atoms with Gasteiger partial charge >= 0.3 is 0 Å². The topological polar surface area (TPSA) is 60.9 Å². The first-order valence-electron chi connectivity index (χ1n) is 7.55. The molecule has 5 heteroatoms. The standard InChI is InChI=1S/C18H16ClN3O/c1-9-5-14(10(2)20)16-15(6-9)18(23)22-8-11-7-12(19)3-4-13(11)17(22)21-16/h3-7,10H,8,20H2,1-2H3/t10-/m1/s1. The predicted octanol–water partition coefficient (Wildman–Crippen LogP) is 3.41. The summed E-state index contributed by atoms with van der Waals surface area (Å²) in [7, 11) is 0. The van der Waals surface area contributed by atoms with E-state index in [1.54, 1.807) is 4.57 Å². The van der Waals surface area contributed by atoms with Crippen molar-refractivity contribution in [3.8, 4) is 11.4 Å². The minimum absolute atomic E-state index is 0.0251. The van der Waals surface area contributed by atoms with E-state index in [9.17, 15) is 4.79 Å². The van der Waals surface area contributed by atoms with Crippen molar-refractivity contribution in [1.82, 2.24) is 9.55 Å². The fraction of sp³-hybridized carbons (Fsp3) is 0.222. The molecule has 0 spiro atoms. The van der Waals surface area contributed by atoms with Gasteiger partial charge in [-0.25, -0.2) is 4.98 Å². The van der Waals surface area contributed by atoms with Crippen LogP contribution in [0.3, 0.4) is 0 Å². The molecule has 0 bridgehead atoms. The number of nitrogens with zero attached hydrogens (tertiary/aromatic N) is 2. The maximum absolute atomic E-state index is 12.9. The number of rotatable bonds is 1. The van der Waals surface area contributed by atoms with Crippen LogP contribution in [0.25, 0.3) is 22.3 Å². The second-order valence-electron chi connectivity index (χ2n) is 6.17. The molecule has 2 N–H and O–H groups in total. The molecule has 0 saturated carbocycles. The third kappa shape index (κ3) is 2.10. The zero-order valence-electron chi connectivity index (χ0n) is 12.9. The molecule has 4 rings (SSSR count). The fourth-order valence-corrected chi connectivity index (χ4v) is 3.48.